The molecule has 1 atom stereocenters. The van der Waals surface area contributed by atoms with E-state index in [9.17, 15) is 8.78 Å². The molecule has 1 nitrogen and oxygen atoms in total. The molecule has 108 valence electrons. The quantitative estimate of drug-likeness (QED) is 0.612. The smallest absolute Gasteiger partial charge is 0.145 e. The monoisotopic (exact) mass is 423 g/mol. The number of nitrogens with one attached hydrogen (secondary N) is 1. The molecule has 2 aromatic rings. The summed E-state index contributed by atoms with van der Waals surface area (Å²) in [6, 6.07) is 5.95. The van der Waals surface area contributed by atoms with Gasteiger partial charge >= 0.3 is 0 Å². The van der Waals surface area contributed by atoms with Gasteiger partial charge in [-0.1, -0.05) is 6.92 Å². The lowest BCUT2D eigenvalue weighted by Crippen LogP contribution is -2.24. The van der Waals surface area contributed by atoms with Crippen molar-refractivity contribution < 1.29 is 8.78 Å². The first-order valence-electron chi connectivity index (χ1n) is 6.16. The third kappa shape index (κ3) is 3.47. The van der Waals surface area contributed by atoms with Crippen LogP contribution in [-0.2, 0) is 0 Å². The molecule has 20 heavy (non-hydrogen) atoms. The van der Waals surface area contributed by atoms with Crippen molar-refractivity contribution in [3.8, 4) is 0 Å². The number of hydrogen-bond donors (Lipinski definition) is 1. The van der Waals surface area contributed by atoms with Crippen LogP contribution in [0.1, 0.15) is 29.8 Å². The molecule has 0 saturated carbocycles. The summed E-state index contributed by atoms with van der Waals surface area (Å²) in [4.78, 5) is 0.876. The van der Waals surface area contributed by atoms with Gasteiger partial charge in [0.25, 0.3) is 0 Å². The first-order chi connectivity index (χ1) is 9.54. The Morgan fingerprint density at radius 3 is 2.55 bits per heavy atom. The summed E-state index contributed by atoms with van der Waals surface area (Å²) in [6.07, 6.45) is 0.889. The molecule has 1 heterocycles. The van der Waals surface area contributed by atoms with Crippen LogP contribution in [0.2, 0.25) is 0 Å². The Balaban J connectivity index is 2.49. The molecule has 1 aromatic carbocycles. The molecule has 1 aromatic heterocycles. The molecule has 6 heteroatoms. The van der Waals surface area contributed by atoms with E-state index in [1.807, 2.05) is 19.1 Å². The van der Waals surface area contributed by atoms with Crippen LogP contribution in [0.4, 0.5) is 8.78 Å². The van der Waals surface area contributed by atoms with E-state index in [0.29, 0.717) is 6.54 Å². The fourth-order valence-electron chi connectivity index (χ4n) is 1.92. The van der Waals surface area contributed by atoms with Crippen molar-refractivity contribution in [3.63, 3.8) is 0 Å². The molecular weight excluding hydrogens is 412 g/mol. The molecule has 0 aliphatic carbocycles. The van der Waals surface area contributed by atoms with Crippen molar-refractivity contribution in [1.82, 2.24) is 5.32 Å². The highest BCUT2D eigenvalue weighted by atomic mass is 79.9. The Labute approximate surface area is 137 Å². The third-order valence-corrected chi connectivity index (χ3v) is 5.15. The fourth-order valence-corrected chi connectivity index (χ4v) is 3.78. The molecular formula is C14H13Br2F2NS. The van der Waals surface area contributed by atoms with Crippen LogP contribution in [0.25, 0.3) is 0 Å². The van der Waals surface area contributed by atoms with E-state index in [4.69, 9.17) is 0 Å². The number of hydrogen-bond acceptors (Lipinski definition) is 2. The van der Waals surface area contributed by atoms with Gasteiger partial charge in [0, 0.05) is 10.4 Å². The number of halogens is 4. The lowest BCUT2D eigenvalue weighted by Gasteiger charge is -2.19. The molecule has 2 rings (SSSR count). The number of thiophene rings is 1. The van der Waals surface area contributed by atoms with Gasteiger partial charge in [0.15, 0.2) is 0 Å². The van der Waals surface area contributed by atoms with Gasteiger partial charge in [-0.2, -0.15) is 0 Å². The third-order valence-electron chi connectivity index (χ3n) is 2.85. The van der Waals surface area contributed by atoms with E-state index in [-0.39, 0.29) is 10.0 Å². The number of rotatable bonds is 5. The molecule has 1 unspecified atom stereocenters. The maximum atomic E-state index is 14.3. The van der Waals surface area contributed by atoms with Gasteiger partial charge in [-0.3, -0.25) is 0 Å². The molecule has 0 saturated heterocycles. The summed E-state index contributed by atoms with van der Waals surface area (Å²) >= 11 is 7.98. The summed E-state index contributed by atoms with van der Waals surface area (Å²) in [5.74, 6) is -1.09. The van der Waals surface area contributed by atoms with Crippen molar-refractivity contribution in [1.29, 1.82) is 0 Å². The molecule has 0 amide bonds. The second-order valence-electron chi connectivity index (χ2n) is 4.29. The van der Waals surface area contributed by atoms with E-state index in [0.717, 1.165) is 15.1 Å². The lowest BCUT2D eigenvalue weighted by atomic mass is 10.0. The second kappa shape index (κ2) is 7.11. The molecule has 0 radical (unpaired) electrons. The maximum Gasteiger partial charge on any atom is 0.145 e. The number of benzene rings is 1. The van der Waals surface area contributed by atoms with Crippen molar-refractivity contribution >= 4 is 43.2 Å². The van der Waals surface area contributed by atoms with Crippen molar-refractivity contribution in [2.45, 2.75) is 19.4 Å². The molecule has 0 aliphatic heterocycles. The zero-order chi connectivity index (χ0) is 14.7. The van der Waals surface area contributed by atoms with Crippen molar-refractivity contribution in [3.05, 3.63) is 54.6 Å². The van der Waals surface area contributed by atoms with Gasteiger partial charge in [0.05, 0.1) is 14.3 Å². The lowest BCUT2D eigenvalue weighted by molar-refractivity contribution is 0.503. The molecule has 0 fully saturated rings. The normalized spacial score (nSPS) is 12.7. The van der Waals surface area contributed by atoms with Crippen LogP contribution in [-0.4, -0.2) is 6.54 Å². The minimum atomic E-state index is -0.553. The minimum Gasteiger partial charge on any atom is -0.305 e. The summed E-state index contributed by atoms with van der Waals surface area (Å²) < 4.78 is 29.6. The van der Waals surface area contributed by atoms with Crippen molar-refractivity contribution in [2.75, 3.05) is 6.54 Å². The van der Waals surface area contributed by atoms with Gasteiger partial charge in [-0.05, 0) is 69.1 Å². The van der Waals surface area contributed by atoms with Crippen LogP contribution >= 0.6 is 43.2 Å². The summed E-state index contributed by atoms with van der Waals surface area (Å²) in [7, 11) is 0. The highest BCUT2D eigenvalue weighted by Crippen LogP contribution is 2.35. The highest BCUT2D eigenvalue weighted by molar-refractivity contribution is 9.11. The fraction of sp³-hybridized carbons (Fsp3) is 0.286. The van der Waals surface area contributed by atoms with Gasteiger partial charge < -0.3 is 5.32 Å². The Bertz CT molecular complexity index is 601. The Morgan fingerprint density at radius 1 is 1.20 bits per heavy atom. The van der Waals surface area contributed by atoms with Crippen LogP contribution in [0.5, 0.6) is 0 Å². The van der Waals surface area contributed by atoms with Gasteiger partial charge in [-0.25, -0.2) is 8.78 Å². The van der Waals surface area contributed by atoms with E-state index in [1.54, 1.807) is 0 Å². The molecule has 0 bridgehead atoms. The van der Waals surface area contributed by atoms with E-state index in [2.05, 4.69) is 37.2 Å². The summed E-state index contributed by atoms with van der Waals surface area (Å²) in [5.41, 5.74) is 0.0576. The first-order valence-corrected chi connectivity index (χ1v) is 8.56. The Morgan fingerprint density at radius 2 is 1.95 bits per heavy atom. The summed E-state index contributed by atoms with van der Waals surface area (Å²) in [5, 5.41) is 3.21. The van der Waals surface area contributed by atoms with Gasteiger partial charge in [-0.15, -0.1) is 11.3 Å². The maximum absolute atomic E-state index is 14.3. The van der Waals surface area contributed by atoms with Crippen LogP contribution in [0.15, 0.2) is 32.5 Å². The molecule has 0 aliphatic rings. The van der Waals surface area contributed by atoms with Gasteiger partial charge in [0.2, 0.25) is 0 Å². The van der Waals surface area contributed by atoms with Gasteiger partial charge in [0.1, 0.15) is 11.6 Å². The van der Waals surface area contributed by atoms with E-state index >= 15 is 0 Å². The average Bonchev–Trinajstić information content (AvgIpc) is 2.84. The standard InChI is InChI=1S/C14H13Br2F2NS/c1-2-7-19-14(10-5-6-11(16)20-10)12-9(17)4-3-8(15)13(12)18/h3-6,14,19H,2,7H2,1H3. The van der Waals surface area contributed by atoms with E-state index < -0.39 is 17.7 Å². The zero-order valence-electron chi connectivity index (χ0n) is 10.7. The van der Waals surface area contributed by atoms with Crippen LogP contribution < -0.4 is 5.32 Å². The van der Waals surface area contributed by atoms with Crippen LogP contribution in [0.3, 0.4) is 0 Å². The van der Waals surface area contributed by atoms with Crippen molar-refractivity contribution in [2.24, 2.45) is 0 Å². The highest BCUT2D eigenvalue weighted by Gasteiger charge is 2.24. The second-order valence-corrected chi connectivity index (χ2v) is 7.63. The first kappa shape index (κ1) is 16.1. The SMILES string of the molecule is CCCNC(c1ccc(Br)s1)c1c(F)ccc(Br)c1F. The largest absolute Gasteiger partial charge is 0.305 e. The predicted octanol–water partition coefficient (Wildman–Crippen LogP) is 5.64. The average molecular weight is 425 g/mol. The molecule has 1 N–H and O–H groups in total. The Kier molecular flexibility index (Phi) is 5.72. The minimum absolute atomic E-state index is 0.0576. The van der Waals surface area contributed by atoms with E-state index in [1.165, 1.54) is 23.5 Å². The Hall–Kier alpha value is -0.300. The summed E-state index contributed by atoms with van der Waals surface area (Å²) in [6.45, 7) is 2.70. The van der Waals surface area contributed by atoms with Crippen LogP contribution in [0, 0.1) is 11.6 Å². The molecule has 0 spiro atoms. The predicted molar refractivity (Wildman–Crippen MR) is 86.2 cm³/mol. The topological polar surface area (TPSA) is 12.0 Å². The zero-order valence-corrected chi connectivity index (χ0v) is 14.7.